The van der Waals surface area contributed by atoms with E-state index < -0.39 is 0 Å². The van der Waals surface area contributed by atoms with Crippen LogP contribution in [0.25, 0.3) is 0 Å². The summed E-state index contributed by atoms with van der Waals surface area (Å²) < 4.78 is 5.76. The van der Waals surface area contributed by atoms with Crippen LogP contribution in [0.15, 0.2) is 24.3 Å². The Labute approximate surface area is 104 Å². The van der Waals surface area contributed by atoms with Gasteiger partial charge in [-0.3, -0.25) is 4.90 Å². The number of likely N-dealkylation sites (tertiary alicyclic amines) is 1. The molecule has 0 saturated carbocycles. The van der Waals surface area contributed by atoms with Crippen molar-refractivity contribution in [2.24, 2.45) is 5.73 Å². The molecular formula is C14H22N2O. The molecule has 17 heavy (non-hydrogen) atoms. The van der Waals surface area contributed by atoms with Gasteiger partial charge < -0.3 is 10.5 Å². The Morgan fingerprint density at radius 2 is 2.12 bits per heavy atom. The molecule has 1 fully saturated rings. The van der Waals surface area contributed by atoms with Crippen LogP contribution in [0.4, 0.5) is 0 Å². The van der Waals surface area contributed by atoms with Gasteiger partial charge in [-0.25, -0.2) is 0 Å². The second kappa shape index (κ2) is 6.03. The van der Waals surface area contributed by atoms with E-state index in [0.717, 1.165) is 24.5 Å². The molecule has 1 atom stereocenters. The monoisotopic (exact) mass is 234 g/mol. The number of benzene rings is 1. The molecule has 94 valence electrons. The Bertz CT molecular complexity index is 346. The fourth-order valence-electron chi connectivity index (χ4n) is 2.19. The van der Waals surface area contributed by atoms with Crippen LogP contribution in [0.3, 0.4) is 0 Å². The van der Waals surface area contributed by atoms with Crippen molar-refractivity contribution in [3.05, 3.63) is 29.8 Å². The molecule has 2 rings (SSSR count). The first-order chi connectivity index (χ1) is 8.25. The van der Waals surface area contributed by atoms with Gasteiger partial charge >= 0.3 is 0 Å². The third kappa shape index (κ3) is 3.72. The van der Waals surface area contributed by atoms with Crippen molar-refractivity contribution in [3.63, 3.8) is 0 Å². The highest BCUT2D eigenvalue weighted by Gasteiger charge is 2.10. The molecule has 3 nitrogen and oxygen atoms in total. The minimum atomic E-state index is 0.0668. The van der Waals surface area contributed by atoms with Gasteiger partial charge in [-0.05, 0) is 50.6 Å². The summed E-state index contributed by atoms with van der Waals surface area (Å²) in [5, 5.41) is 0. The minimum Gasteiger partial charge on any atom is -0.492 e. The molecule has 0 aliphatic carbocycles. The van der Waals surface area contributed by atoms with E-state index in [2.05, 4.69) is 4.90 Å². The molecule has 1 saturated heterocycles. The number of rotatable bonds is 5. The number of hydrogen-bond donors (Lipinski definition) is 1. The highest BCUT2D eigenvalue weighted by molar-refractivity contribution is 5.30. The summed E-state index contributed by atoms with van der Waals surface area (Å²) in [6, 6.07) is 8.14. The van der Waals surface area contributed by atoms with E-state index in [1.165, 1.54) is 25.9 Å². The molecule has 0 unspecified atom stereocenters. The Morgan fingerprint density at radius 3 is 2.82 bits per heavy atom. The first-order valence-electron chi connectivity index (χ1n) is 6.46. The fourth-order valence-corrected chi connectivity index (χ4v) is 2.19. The van der Waals surface area contributed by atoms with Crippen molar-refractivity contribution in [1.29, 1.82) is 0 Å². The summed E-state index contributed by atoms with van der Waals surface area (Å²) in [6.45, 7) is 6.24. The van der Waals surface area contributed by atoms with Gasteiger partial charge in [0.2, 0.25) is 0 Å². The largest absolute Gasteiger partial charge is 0.492 e. The normalized spacial score (nSPS) is 18.2. The van der Waals surface area contributed by atoms with Crippen LogP contribution in [0.1, 0.15) is 31.4 Å². The van der Waals surface area contributed by atoms with Crippen molar-refractivity contribution in [2.75, 3.05) is 26.2 Å². The third-order valence-corrected chi connectivity index (χ3v) is 3.26. The van der Waals surface area contributed by atoms with Crippen LogP contribution >= 0.6 is 0 Å². The SMILES string of the molecule is C[C@H](N)c1cccc(OCCN2CCCC2)c1. The smallest absolute Gasteiger partial charge is 0.119 e. The highest BCUT2D eigenvalue weighted by Crippen LogP contribution is 2.17. The Hall–Kier alpha value is -1.06. The average Bonchev–Trinajstić information content (AvgIpc) is 2.82. The molecular weight excluding hydrogens is 212 g/mol. The van der Waals surface area contributed by atoms with Crippen LogP contribution in [0, 0.1) is 0 Å². The third-order valence-electron chi connectivity index (χ3n) is 3.26. The van der Waals surface area contributed by atoms with Crippen molar-refractivity contribution < 1.29 is 4.74 Å². The first kappa shape index (κ1) is 12.4. The molecule has 0 aromatic heterocycles. The summed E-state index contributed by atoms with van der Waals surface area (Å²) in [4.78, 5) is 2.45. The van der Waals surface area contributed by atoms with Gasteiger partial charge in [-0.1, -0.05) is 12.1 Å². The predicted octanol–water partition coefficient (Wildman–Crippen LogP) is 2.18. The highest BCUT2D eigenvalue weighted by atomic mass is 16.5. The topological polar surface area (TPSA) is 38.5 Å². The summed E-state index contributed by atoms with van der Waals surface area (Å²) >= 11 is 0. The molecule has 3 heteroatoms. The molecule has 1 aliphatic rings. The predicted molar refractivity (Wildman–Crippen MR) is 70.2 cm³/mol. The zero-order chi connectivity index (χ0) is 12.1. The van der Waals surface area contributed by atoms with Gasteiger partial charge in [0.05, 0.1) is 0 Å². The van der Waals surface area contributed by atoms with Gasteiger partial charge in [-0.2, -0.15) is 0 Å². The number of nitrogens with zero attached hydrogens (tertiary/aromatic N) is 1. The second-order valence-electron chi connectivity index (χ2n) is 4.76. The van der Waals surface area contributed by atoms with Crippen molar-refractivity contribution in [1.82, 2.24) is 4.90 Å². The summed E-state index contributed by atoms with van der Waals surface area (Å²) in [7, 11) is 0. The zero-order valence-corrected chi connectivity index (χ0v) is 10.6. The summed E-state index contributed by atoms with van der Waals surface area (Å²) in [6.07, 6.45) is 2.67. The van der Waals surface area contributed by atoms with Gasteiger partial charge in [0.1, 0.15) is 12.4 Å². The number of hydrogen-bond acceptors (Lipinski definition) is 3. The first-order valence-corrected chi connectivity index (χ1v) is 6.46. The summed E-state index contributed by atoms with van der Waals surface area (Å²) in [5.41, 5.74) is 6.98. The molecule has 1 aromatic carbocycles. The molecule has 1 aromatic rings. The molecule has 2 N–H and O–H groups in total. The van der Waals surface area contributed by atoms with Crippen LogP contribution < -0.4 is 10.5 Å². The zero-order valence-electron chi connectivity index (χ0n) is 10.6. The Morgan fingerprint density at radius 1 is 1.35 bits per heavy atom. The lowest BCUT2D eigenvalue weighted by atomic mass is 10.1. The average molecular weight is 234 g/mol. The van der Waals surface area contributed by atoms with Gasteiger partial charge in [-0.15, -0.1) is 0 Å². The van der Waals surface area contributed by atoms with E-state index in [1.807, 2.05) is 31.2 Å². The van der Waals surface area contributed by atoms with E-state index in [1.54, 1.807) is 0 Å². The Kier molecular flexibility index (Phi) is 4.40. The lowest BCUT2D eigenvalue weighted by Crippen LogP contribution is -2.25. The fraction of sp³-hybridized carbons (Fsp3) is 0.571. The van der Waals surface area contributed by atoms with Crippen LogP contribution in [-0.4, -0.2) is 31.1 Å². The second-order valence-corrected chi connectivity index (χ2v) is 4.76. The number of ether oxygens (including phenoxy) is 1. The van der Waals surface area contributed by atoms with Crippen molar-refractivity contribution >= 4 is 0 Å². The molecule has 0 spiro atoms. The molecule has 0 radical (unpaired) electrons. The maximum atomic E-state index is 5.85. The van der Waals surface area contributed by atoms with Crippen LogP contribution in [-0.2, 0) is 0 Å². The van der Waals surface area contributed by atoms with Gasteiger partial charge in [0, 0.05) is 12.6 Å². The van der Waals surface area contributed by atoms with Crippen molar-refractivity contribution in [2.45, 2.75) is 25.8 Å². The van der Waals surface area contributed by atoms with E-state index in [-0.39, 0.29) is 6.04 Å². The maximum absolute atomic E-state index is 5.85. The van der Waals surface area contributed by atoms with Crippen LogP contribution in [0.5, 0.6) is 5.75 Å². The van der Waals surface area contributed by atoms with E-state index in [9.17, 15) is 0 Å². The minimum absolute atomic E-state index is 0.0668. The Balaban J connectivity index is 1.79. The molecule has 1 heterocycles. The van der Waals surface area contributed by atoms with Crippen LogP contribution in [0.2, 0.25) is 0 Å². The lowest BCUT2D eigenvalue weighted by Gasteiger charge is -2.15. The number of nitrogens with two attached hydrogens (primary N) is 1. The molecule has 0 bridgehead atoms. The lowest BCUT2D eigenvalue weighted by molar-refractivity contribution is 0.237. The van der Waals surface area contributed by atoms with E-state index in [0.29, 0.717) is 0 Å². The standard InChI is InChI=1S/C14H22N2O/c1-12(15)13-5-4-6-14(11-13)17-10-9-16-7-2-3-8-16/h4-6,11-12H,2-3,7-10,15H2,1H3/t12-/m0/s1. The molecule has 0 amide bonds. The molecule has 1 aliphatic heterocycles. The maximum Gasteiger partial charge on any atom is 0.119 e. The van der Waals surface area contributed by atoms with Gasteiger partial charge in [0.15, 0.2) is 0 Å². The van der Waals surface area contributed by atoms with Gasteiger partial charge in [0.25, 0.3) is 0 Å². The van der Waals surface area contributed by atoms with E-state index in [4.69, 9.17) is 10.5 Å². The summed E-state index contributed by atoms with van der Waals surface area (Å²) in [5.74, 6) is 0.930. The van der Waals surface area contributed by atoms with E-state index >= 15 is 0 Å². The van der Waals surface area contributed by atoms with Crippen molar-refractivity contribution in [3.8, 4) is 5.75 Å². The quantitative estimate of drug-likeness (QED) is 0.848.